The van der Waals surface area contributed by atoms with Crippen LogP contribution in [0.3, 0.4) is 0 Å². The van der Waals surface area contributed by atoms with Crippen molar-refractivity contribution in [3.8, 4) is 0 Å². The van der Waals surface area contributed by atoms with E-state index in [0.717, 1.165) is 20.3 Å². The highest BCUT2D eigenvalue weighted by atomic mass is 127. The number of aliphatic hydroxyl groups is 1. The van der Waals surface area contributed by atoms with Crippen molar-refractivity contribution in [2.45, 2.75) is 56.7 Å². The Hall–Kier alpha value is -3.09. The molecule has 0 spiro atoms. The van der Waals surface area contributed by atoms with Gasteiger partial charge in [-0.05, 0) is 90.7 Å². The largest absolute Gasteiger partial charge is 0.381 e. The van der Waals surface area contributed by atoms with Gasteiger partial charge in [-0.15, -0.1) is 11.8 Å². The van der Waals surface area contributed by atoms with Gasteiger partial charge in [-0.2, -0.15) is 0 Å². The van der Waals surface area contributed by atoms with Crippen LogP contribution >= 0.6 is 34.4 Å². The molecule has 1 saturated heterocycles. The fourth-order valence-corrected chi connectivity index (χ4v) is 6.32. The predicted molar refractivity (Wildman–Crippen MR) is 171 cm³/mol. The number of amides is 4. The molecule has 0 radical (unpaired) electrons. The number of anilines is 1. The molecule has 0 bridgehead atoms. The van der Waals surface area contributed by atoms with Crippen molar-refractivity contribution in [3.63, 3.8) is 0 Å². The molecule has 0 saturated carbocycles. The van der Waals surface area contributed by atoms with Gasteiger partial charge >= 0.3 is 6.03 Å². The molecule has 0 unspecified atom stereocenters. The second-order valence-corrected chi connectivity index (χ2v) is 13.4. The minimum atomic E-state index is -1.57. The van der Waals surface area contributed by atoms with E-state index in [-0.39, 0.29) is 18.2 Å². The summed E-state index contributed by atoms with van der Waals surface area (Å²) < 4.78 is 0.455. The summed E-state index contributed by atoms with van der Waals surface area (Å²) in [5.41, 5.74) is 3.50. The Morgan fingerprint density at radius 2 is 1.68 bits per heavy atom. The van der Waals surface area contributed by atoms with Crippen LogP contribution in [0.15, 0.2) is 78.9 Å². The second-order valence-electron chi connectivity index (χ2n) is 10.6. The van der Waals surface area contributed by atoms with Crippen LogP contribution in [0, 0.1) is 10.5 Å². The predicted octanol–water partition coefficient (Wildman–Crippen LogP) is 4.69. The highest BCUT2D eigenvalue weighted by Crippen LogP contribution is 2.40. The molecule has 4 amide bonds. The van der Waals surface area contributed by atoms with Crippen molar-refractivity contribution in [1.29, 1.82) is 0 Å². The van der Waals surface area contributed by atoms with Gasteiger partial charge in [0.1, 0.15) is 6.04 Å². The molecule has 1 fully saturated rings. The van der Waals surface area contributed by atoms with Crippen LogP contribution in [-0.4, -0.2) is 56.7 Å². The number of nitrogens with one attached hydrogen (secondary N) is 3. The first-order valence-electron chi connectivity index (χ1n) is 13.4. The number of aliphatic hydroxyl groups excluding tert-OH is 1. The Morgan fingerprint density at radius 3 is 2.37 bits per heavy atom. The third-order valence-electron chi connectivity index (χ3n) is 7.14. The first kappa shape index (κ1) is 30.9. The van der Waals surface area contributed by atoms with Crippen molar-refractivity contribution < 1.29 is 19.5 Å². The standard InChI is InChI=1S/C31H35IN4O4S/c1-20-9-7-8-12-22(20)18-33-28(38)27-31(2,3)41-19-36(27)29(39)26(37)25(17-21-10-5-4-6-11-21)35-30(40)34-24-15-13-23(32)14-16-24/h4-16,25-27,37H,17-19H2,1-3H3,(H,33,38)(H2,34,35,40)/t25-,26-,27+/m0/s1. The van der Waals surface area contributed by atoms with Gasteiger partial charge in [-0.3, -0.25) is 9.59 Å². The van der Waals surface area contributed by atoms with E-state index >= 15 is 0 Å². The van der Waals surface area contributed by atoms with Gasteiger partial charge in [0.2, 0.25) is 5.91 Å². The fraction of sp³-hybridized carbons (Fsp3) is 0.323. The van der Waals surface area contributed by atoms with E-state index in [4.69, 9.17) is 0 Å². The molecule has 4 rings (SSSR count). The molecule has 216 valence electrons. The number of benzene rings is 3. The van der Waals surface area contributed by atoms with Crippen LogP contribution < -0.4 is 16.0 Å². The van der Waals surface area contributed by atoms with Gasteiger partial charge in [0.05, 0.1) is 11.9 Å². The van der Waals surface area contributed by atoms with Crippen LogP contribution in [0.5, 0.6) is 0 Å². The van der Waals surface area contributed by atoms with Crippen LogP contribution in [-0.2, 0) is 22.6 Å². The number of nitrogens with zero attached hydrogens (tertiary/aromatic N) is 1. The van der Waals surface area contributed by atoms with Crippen LogP contribution in [0.25, 0.3) is 0 Å². The summed E-state index contributed by atoms with van der Waals surface area (Å²) in [4.78, 5) is 41.6. The number of aryl methyl sites for hydroxylation is 1. The molecule has 1 aliphatic heterocycles. The van der Waals surface area contributed by atoms with Crippen molar-refractivity contribution in [3.05, 3.63) is 99.1 Å². The zero-order valence-corrected chi connectivity index (χ0v) is 26.2. The molecule has 10 heteroatoms. The Balaban J connectivity index is 1.50. The summed E-state index contributed by atoms with van der Waals surface area (Å²) in [5.74, 6) is -0.638. The van der Waals surface area contributed by atoms with E-state index in [9.17, 15) is 19.5 Å². The van der Waals surface area contributed by atoms with Crippen molar-refractivity contribution in [2.75, 3.05) is 11.2 Å². The molecule has 1 aliphatic rings. The van der Waals surface area contributed by atoms with Gasteiger partial charge in [-0.1, -0.05) is 54.6 Å². The lowest BCUT2D eigenvalue weighted by molar-refractivity contribution is -0.147. The van der Waals surface area contributed by atoms with E-state index < -0.39 is 34.9 Å². The summed E-state index contributed by atoms with van der Waals surface area (Å²) in [5, 5.41) is 19.9. The average molecular weight is 687 g/mol. The average Bonchev–Trinajstić information content (AvgIpc) is 3.27. The SMILES string of the molecule is Cc1ccccc1CNC(=O)[C@H]1N(C(=O)[C@@H](O)[C@H](Cc2ccccc2)NC(=O)Nc2ccc(I)cc2)CSC1(C)C. The first-order chi connectivity index (χ1) is 19.5. The number of rotatable bonds is 9. The molecule has 3 aromatic carbocycles. The van der Waals surface area contributed by atoms with E-state index in [1.807, 2.05) is 87.5 Å². The van der Waals surface area contributed by atoms with E-state index in [0.29, 0.717) is 12.2 Å². The van der Waals surface area contributed by atoms with Crippen molar-refractivity contribution in [2.24, 2.45) is 0 Å². The Morgan fingerprint density at radius 1 is 1.02 bits per heavy atom. The van der Waals surface area contributed by atoms with E-state index in [2.05, 4.69) is 38.5 Å². The number of urea groups is 1. The molecular formula is C31H35IN4O4S. The molecule has 0 aromatic heterocycles. The lowest BCUT2D eigenvalue weighted by atomic mass is 9.97. The minimum absolute atomic E-state index is 0.225. The van der Waals surface area contributed by atoms with Crippen LogP contribution in [0.2, 0.25) is 0 Å². The number of carbonyl (C=O) groups excluding carboxylic acids is 3. The van der Waals surface area contributed by atoms with Crippen LogP contribution in [0.1, 0.15) is 30.5 Å². The minimum Gasteiger partial charge on any atom is -0.381 e. The summed E-state index contributed by atoms with van der Waals surface area (Å²) in [6.45, 7) is 6.16. The maximum Gasteiger partial charge on any atom is 0.319 e. The summed E-state index contributed by atoms with van der Waals surface area (Å²) >= 11 is 3.66. The normalized spacial score (nSPS) is 17.4. The maximum absolute atomic E-state index is 13.8. The molecule has 8 nitrogen and oxygen atoms in total. The third kappa shape index (κ3) is 8.02. The number of carbonyl (C=O) groups is 3. The maximum atomic E-state index is 13.8. The number of hydrogen-bond donors (Lipinski definition) is 4. The quantitative estimate of drug-likeness (QED) is 0.245. The smallest absolute Gasteiger partial charge is 0.319 e. The highest BCUT2D eigenvalue weighted by Gasteiger charge is 2.49. The van der Waals surface area contributed by atoms with Gasteiger partial charge in [-0.25, -0.2) is 4.79 Å². The molecule has 0 aliphatic carbocycles. The second kappa shape index (κ2) is 13.7. The lowest BCUT2D eigenvalue weighted by Gasteiger charge is -2.33. The Labute approximate surface area is 258 Å². The van der Waals surface area contributed by atoms with Gasteiger partial charge in [0.15, 0.2) is 6.10 Å². The molecular weight excluding hydrogens is 651 g/mol. The van der Waals surface area contributed by atoms with Crippen molar-refractivity contribution in [1.82, 2.24) is 15.5 Å². The molecule has 41 heavy (non-hydrogen) atoms. The Bertz CT molecular complexity index is 1370. The van der Waals surface area contributed by atoms with Crippen molar-refractivity contribution >= 4 is 57.9 Å². The number of halogens is 1. The van der Waals surface area contributed by atoms with Gasteiger partial charge in [0.25, 0.3) is 5.91 Å². The molecule has 3 aromatic rings. The third-order valence-corrected chi connectivity index (χ3v) is 9.24. The molecule has 3 atom stereocenters. The summed E-state index contributed by atoms with van der Waals surface area (Å²) in [6, 6.07) is 22.2. The van der Waals surface area contributed by atoms with E-state index in [1.54, 1.807) is 12.1 Å². The number of thioether (sulfide) groups is 1. The zero-order chi connectivity index (χ0) is 29.6. The van der Waals surface area contributed by atoms with Gasteiger partial charge < -0.3 is 26.0 Å². The van der Waals surface area contributed by atoms with Crippen LogP contribution in [0.4, 0.5) is 10.5 Å². The Kier molecular flexibility index (Phi) is 10.3. The lowest BCUT2D eigenvalue weighted by Crippen LogP contribution is -2.59. The topological polar surface area (TPSA) is 111 Å². The monoisotopic (exact) mass is 686 g/mol. The first-order valence-corrected chi connectivity index (χ1v) is 15.4. The summed E-state index contributed by atoms with van der Waals surface area (Å²) in [6.07, 6.45) is -1.35. The zero-order valence-electron chi connectivity index (χ0n) is 23.3. The fourth-order valence-electron chi connectivity index (χ4n) is 4.82. The molecule has 4 N–H and O–H groups in total. The summed E-state index contributed by atoms with van der Waals surface area (Å²) in [7, 11) is 0. The van der Waals surface area contributed by atoms with E-state index in [1.165, 1.54) is 16.7 Å². The van der Waals surface area contributed by atoms with Gasteiger partial charge in [0, 0.05) is 20.5 Å². The molecule has 1 heterocycles. The number of hydrogen-bond acceptors (Lipinski definition) is 5. The highest BCUT2D eigenvalue weighted by molar-refractivity contribution is 14.1.